The highest BCUT2D eigenvalue weighted by molar-refractivity contribution is 5.77. The molecule has 1 fully saturated rings. The molecule has 2 rings (SSSR count). The Morgan fingerprint density at radius 3 is 2.82 bits per heavy atom. The average molecular weight is 307 g/mol. The topological polar surface area (TPSA) is 98.7 Å². The Labute approximate surface area is 129 Å². The number of amides is 1. The number of non-ortho nitro benzene ring substituents is 1. The zero-order chi connectivity index (χ0) is 16.3. The maximum absolute atomic E-state index is 11.2. The fourth-order valence-electron chi connectivity index (χ4n) is 2.62. The molecule has 22 heavy (non-hydrogen) atoms. The number of hydrogen-bond donors (Lipinski definition) is 1. The van der Waals surface area contributed by atoms with Crippen molar-refractivity contribution < 1.29 is 14.5 Å². The molecule has 1 aliphatic rings. The van der Waals surface area contributed by atoms with E-state index in [0.717, 1.165) is 18.5 Å². The number of benzene rings is 1. The Balaban J connectivity index is 2.18. The molecule has 1 heterocycles. The lowest BCUT2D eigenvalue weighted by atomic mass is 10.1. The number of nitrogens with zero attached hydrogens (tertiary/aromatic N) is 2. The molecule has 120 valence electrons. The summed E-state index contributed by atoms with van der Waals surface area (Å²) in [5.74, 6) is 0.205. The van der Waals surface area contributed by atoms with Crippen molar-refractivity contribution in [1.29, 1.82) is 0 Å². The molecule has 1 aromatic carbocycles. The lowest BCUT2D eigenvalue weighted by Crippen LogP contribution is -2.27. The van der Waals surface area contributed by atoms with Gasteiger partial charge in [0.1, 0.15) is 5.75 Å². The molecule has 2 N–H and O–H groups in total. The summed E-state index contributed by atoms with van der Waals surface area (Å²) in [4.78, 5) is 23.8. The van der Waals surface area contributed by atoms with Crippen LogP contribution in [0.3, 0.4) is 0 Å². The minimum Gasteiger partial charge on any atom is -0.491 e. The van der Waals surface area contributed by atoms with Gasteiger partial charge in [-0.2, -0.15) is 0 Å². The van der Waals surface area contributed by atoms with Crippen molar-refractivity contribution in [1.82, 2.24) is 4.90 Å². The Kier molecular flexibility index (Phi) is 4.97. The Morgan fingerprint density at radius 1 is 1.55 bits per heavy atom. The van der Waals surface area contributed by atoms with Gasteiger partial charge in [-0.15, -0.1) is 0 Å². The van der Waals surface area contributed by atoms with Gasteiger partial charge in [0.15, 0.2) is 0 Å². The third-order valence-corrected chi connectivity index (χ3v) is 3.69. The highest BCUT2D eigenvalue weighted by Crippen LogP contribution is 2.28. The molecule has 0 unspecified atom stereocenters. The second-order valence-electron chi connectivity index (χ2n) is 5.84. The van der Waals surface area contributed by atoms with Crippen molar-refractivity contribution in [2.45, 2.75) is 32.9 Å². The average Bonchev–Trinajstić information content (AvgIpc) is 2.88. The van der Waals surface area contributed by atoms with Crippen molar-refractivity contribution in [3.63, 3.8) is 0 Å². The van der Waals surface area contributed by atoms with Gasteiger partial charge in [-0.3, -0.25) is 19.8 Å². The second-order valence-corrected chi connectivity index (χ2v) is 5.84. The van der Waals surface area contributed by atoms with E-state index in [1.165, 1.54) is 12.1 Å². The van der Waals surface area contributed by atoms with E-state index in [1.54, 1.807) is 6.07 Å². The zero-order valence-corrected chi connectivity index (χ0v) is 12.8. The van der Waals surface area contributed by atoms with Crippen LogP contribution in [0.5, 0.6) is 5.75 Å². The molecule has 0 aromatic heterocycles. The van der Waals surface area contributed by atoms with Crippen molar-refractivity contribution in [3.8, 4) is 5.75 Å². The molecule has 7 heteroatoms. The van der Waals surface area contributed by atoms with Crippen LogP contribution in [-0.2, 0) is 11.3 Å². The van der Waals surface area contributed by atoms with Crippen LogP contribution in [0.2, 0.25) is 0 Å². The zero-order valence-electron chi connectivity index (χ0n) is 12.8. The number of carbonyl (C=O) groups is 1. The minimum absolute atomic E-state index is 0.0165. The number of primary amides is 1. The van der Waals surface area contributed by atoms with Gasteiger partial charge in [0.25, 0.3) is 5.69 Å². The van der Waals surface area contributed by atoms with Gasteiger partial charge in [-0.25, -0.2) is 0 Å². The van der Waals surface area contributed by atoms with E-state index in [1.807, 2.05) is 13.8 Å². The predicted octanol–water partition coefficient (Wildman–Crippen LogP) is 1.69. The van der Waals surface area contributed by atoms with Crippen molar-refractivity contribution in [3.05, 3.63) is 33.9 Å². The molecule has 1 saturated heterocycles. The number of hydrogen-bond acceptors (Lipinski definition) is 5. The van der Waals surface area contributed by atoms with Gasteiger partial charge in [-0.1, -0.05) is 0 Å². The molecule has 0 radical (unpaired) electrons. The van der Waals surface area contributed by atoms with E-state index in [0.29, 0.717) is 18.8 Å². The van der Waals surface area contributed by atoms with Gasteiger partial charge < -0.3 is 10.5 Å². The number of carbonyl (C=O) groups excluding carboxylic acids is 1. The Bertz CT molecular complexity index is 574. The summed E-state index contributed by atoms with van der Waals surface area (Å²) in [5, 5.41) is 11.0. The number of likely N-dealkylation sites (tertiary alicyclic amines) is 1. The van der Waals surface area contributed by atoms with Crippen LogP contribution in [0.15, 0.2) is 18.2 Å². The molecule has 1 amide bonds. The van der Waals surface area contributed by atoms with Crippen LogP contribution >= 0.6 is 0 Å². The summed E-state index contributed by atoms with van der Waals surface area (Å²) in [7, 11) is 0. The van der Waals surface area contributed by atoms with E-state index >= 15 is 0 Å². The molecule has 1 atom stereocenters. The minimum atomic E-state index is -0.418. The van der Waals surface area contributed by atoms with Gasteiger partial charge in [-0.05, 0) is 32.9 Å². The summed E-state index contributed by atoms with van der Waals surface area (Å²) < 4.78 is 5.72. The molecule has 0 spiro atoms. The number of nitro benzene ring substituents is 1. The first-order chi connectivity index (χ1) is 10.4. The van der Waals surface area contributed by atoms with E-state index in [4.69, 9.17) is 10.5 Å². The maximum Gasteiger partial charge on any atom is 0.270 e. The van der Waals surface area contributed by atoms with Crippen LogP contribution < -0.4 is 10.5 Å². The first kappa shape index (κ1) is 16.2. The van der Waals surface area contributed by atoms with Gasteiger partial charge in [0.05, 0.1) is 16.9 Å². The maximum atomic E-state index is 11.2. The summed E-state index contributed by atoms with van der Waals surface area (Å²) in [5.41, 5.74) is 6.13. The molecule has 0 bridgehead atoms. The summed E-state index contributed by atoms with van der Waals surface area (Å²) in [6, 6.07) is 4.61. The fraction of sp³-hybridized carbons (Fsp3) is 0.533. The Hall–Kier alpha value is -2.15. The summed E-state index contributed by atoms with van der Waals surface area (Å²) in [6.07, 6.45) is 0.710. The highest BCUT2D eigenvalue weighted by atomic mass is 16.6. The van der Waals surface area contributed by atoms with E-state index < -0.39 is 4.92 Å². The molecule has 7 nitrogen and oxygen atoms in total. The van der Waals surface area contributed by atoms with Crippen molar-refractivity contribution in [2.75, 3.05) is 13.1 Å². The normalized spacial score (nSPS) is 18.6. The largest absolute Gasteiger partial charge is 0.491 e. The van der Waals surface area contributed by atoms with E-state index in [-0.39, 0.29) is 23.6 Å². The Morgan fingerprint density at radius 2 is 2.27 bits per heavy atom. The molecule has 0 saturated carbocycles. The van der Waals surface area contributed by atoms with Crippen LogP contribution in [0.25, 0.3) is 0 Å². The van der Waals surface area contributed by atoms with Crippen molar-refractivity contribution in [2.24, 2.45) is 11.7 Å². The molecule has 1 aliphatic heterocycles. The quantitative estimate of drug-likeness (QED) is 0.637. The number of nitrogens with two attached hydrogens (primary N) is 1. The number of rotatable bonds is 6. The monoisotopic (exact) mass is 307 g/mol. The molecule has 1 aromatic rings. The molecular formula is C15H21N3O4. The second kappa shape index (κ2) is 6.74. The van der Waals surface area contributed by atoms with Crippen LogP contribution in [-0.4, -0.2) is 34.9 Å². The third-order valence-electron chi connectivity index (χ3n) is 3.69. The number of nitro groups is 1. The van der Waals surface area contributed by atoms with Crippen LogP contribution in [0, 0.1) is 16.0 Å². The first-order valence-corrected chi connectivity index (χ1v) is 7.32. The van der Waals surface area contributed by atoms with Crippen molar-refractivity contribution >= 4 is 11.6 Å². The van der Waals surface area contributed by atoms with Gasteiger partial charge in [0, 0.05) is 30.8 Å². The van der Waals surface area contributed by atoms with E-state index in [9.17, 15) is 14.9 Å². The predicted molar refractivity (Wildman–Crippen MR) is 81.4 cm³/mol. The number of ether oxygens (including phenoxy) is 1. The van der Waals surface area contributed by atoms with E-state index in [2.05, 4.69) is 4.90 Å². The highest BCUT2D eigenvalue weighted by Gasteiger charge is 2.27. The third kappa shape index (κ3) is 3.94. The molecule has 0 aliphatic carbocycles. The smallest absolute Gasteiger partial charge is 0.270 e. The van der Waals surface area contributed by atoms with Gasteiger partial charge in [0.2, 0.25) is 5.91 Å². The lowest BCUT2D eigenvalue weighted by Gasteiger charge is -2.19. The summed E-state index contributed by atoms with van der Waals surface area (Å²) >= 11 is 0. The van der Waals surface area contributed by atoms with Crippen LogP contribution in [0.1, 0.15) is 25.8 Å². The fourth-order valence-corrected chi connectivity index (χ4v) is 2.62. The standard InChI is InChI=1S/C15H21N3O4/c1-10(2)22-14-4-3-13(18(20)21)7-12(14)9-17-6-5-11(8-17)15(16)19/h3-4,7,10-11H,5-6,8-9H2,1-2H3,(H2,16,19)/t11-/m1/s1. The van der Waals surface area contributed by atoms with Crippen LogP contribution in [0.4, 0.5) is 5.69 Å². The first-order valence-electron chi connectivity index (χ1n) is 7.32. The lowest BCUT2D eigenvalue weighted by molar-refractivity contribution is -0.385. The summed E-state index contributed by atoms with van der Waals surface area (Å²) in [6.45, 7) is 5.65. The van der Waals surface area contributed by atoms with Gasteiger partial charge >= 0.3 is 0 Å². The SMILES string of the molecule is CC(C)Oc1ccc([N+](=O)[O-])cc1CN1CC[C@@H](C(N)=O)C1. The molecular weight excluding hydrogens is 286 g/mol.